The van der Waals surface area contributed by atoms with E-state index in [1.54, 1.807) is 0 Å². The fraction of sp³-hybridized carbons (Fsp3) is 0.733. The molecule has 0 aliphatic carbocycles. The van der Waals surface area contributed by atoms with Crippen LogP contribution in [0.3, 0.4) is 0 Å². The number of nitrogen functional groups attached to an aromatic ring is 1. The van der Waals surface area contributed by atoms with Crippen molar-refractivity contribution in [2.75, 3.05) is 37.3 Å². The number of hydrogen-bond acceptors (Lipinski definition) is 5. The lowest BCUT2D eigenvalue weighted by atomic mass is 9.94. The van der Waals surface area contributed by atoms with Gasteiger partial charge in [-0.1, -0.05) is 31.6 Å². The van der Waals surface area contributed by atoms with Crippen molar-refractivity contribution >= 4 is 28.2 Å². The lowest BCUT2D eigenvalue weighted by Crippen LogP contribution is -2.38. The Labute approximate surface area is 131 Å². The van der Waals surface area contributed by atoms with Crippen molar-refractivity contribution in [1.82, 2.24) is 9.88 Å². The predicted molar refractivity (Wildman–Crippen MR) is 89.0 cm³/mol. The highest BCUT2D eigenvalue weighted by atomic mass is 32.1. The Kier molecular flexibility index (Phi) is 5.45. The van der Waals surface area contributed by atoms with E-state index in [1.165, 1.54) is 17.8 Å². The number of anilines is 2. The summed E-state index contributed by atoms with van der Waals surface area (Å²) >= 11 is 1.41. The summed E-state index contributed by atoms with van der Waals surface area (Å²) in [6.45, 7) is 6.95. The number of likely N-dealkylation sites (tertiary alicyclic amines) is 1. The molecular formula is C15H26N4OS. The van der Waals surface area contributed by atoms with Crippen LogP contribution in [-0.2, 0) is 0 Å². The minimum Gasteiger partial charge on any atom is -0.382 e. The molecule has 0 atom stereocenters. The summed E-state index contributed by atoms with van der Waals surface area (Å²) in [5, 5.41) is 0.834. The smallest absolute Gasteiger partial charge is 0.267 e. The van der Waals surface area contributed by atoms with Crippen LogP contribution < -0.4 is 10.6 Å². The molecule has 21 heavy (non-hydrogen) atoms. The average molecular weight is 310 g/mol. The Hall–Kier alpha value is -1.30. The third-order valence-electron chi connectivity index (χ3n) is 4.20. The second-order valence-corrected chi connectivity index (χ2v) is 6.75. The molecule has 0 bridgehead atoms. The SMILES string of the molecule is CCCN(C)c1nc(N)c(C(=O)N2CCC(CC)CC2)s1. The van der Waals surface area contributed by atoms with Crippen LogP contribution in [0.15, 0.2) is 0 Å². The number of aromatic nitrogens is 1. The maximum atomic E-state index is 12.6. The molecule has 0 unspecified atom stereocenters. The van der Waals surface area contributed by atoms with Gasteiger partial charge in [0, 0.05) is 26.7 Å². The van der Waals surface area contributed by atoms with Gasteiger partial charge in [-0.25, -0.2) is 4.98 Å². The summed E-state index contributed by atoms with van der Waals surface area (Å²) in [4.78, 5) is 21.5. The highest BCUT2D eigenvalue weighted by Crippen LogP contribution is 2.30. The van der Waals surface area contributed by atoms with E-state index >= 15 is 0 Å². The molecule has 1 amide bonds. The third-order valence-corrected chi connectivity index (χ3v) is 5.37. The topological polar surface area (TPSA) is 62.5 Å². The number of rotatable bonds is 5. The summed E-state index contributed by atoms with van der Waals surface area (Å²) in [7, 11) is 1.99. The summed E-state index contributed by atoms with van der Waals surface area (Å²) in [5.41, 5.74) is 5.96. The lowest BCUT2D eigenvalue weighted by Gasteiger charge is -2.31. The number of nitrogens with zero attached hydrogens (tertiary/aromatic N) is 3. The summed E-state index contributed by atoms with van der Waals surface area (Å²) in [5.74, 6) is 1.19. The Balaban J connectivity index is 2.06. The van der Waals surface area contributed by atoms with Gasteiger partial charge in [-0.05, 0) is 25.2 Å². The van der Waals surface area contributed by atoms with Crippen LogP contribution in [0.5, 0.6) is 0 Å². The maximum Gasteiger partial charge on any atom is 0.267 e. The third kappa shape index (κ3) is 3.67. The first-order valence-electron chi connectivity index (χ1n) is 7.83. The molecule has 1 aliphatic rings. The molecule has 0 radical (unpaired) electrons. The van der Waals surface area contributed by atoms with Crippen molar-refractivity contribution in [3.63, 3.8) is 0 Å². The Morgan fingerprint density at radius 3 is 2.67 bits per heavy atom. The maximum absolute atomic E-state index is 12.6. The molecule has 1 aromatic heterocycles. The van der Waals surface area contributed by atoms with Crippen molar-refractivity contribution in [1.29, 1.82) is 0 Å². The Bertz CT molecular complexity index is 480. The highest BCUT2D eigenvalue weighted by Gasteiger charge is 2.26. The number of nitrogens with two attached hydrogens (primary N) is 1. The molecule has 0 aromatic carbocycles. The number of carbonyl (C=O) groups is 1. The van der Waals surface area contributed by atoms with Gasteiger partial charge in [0.05, 0.1) is 0 Å². The number of carbonyl (C=O) groups excluding carboxylic acids is 1. The van der Waals surface area contributed by atoms with Gasteiger partial charge >= 0.3 is 0 Å². The number of amides is 1. The van der Waals surface area contributed by atoms with E-state index in [2.05, 4.69) is 23.7 Å². The van der Waals surface area contributed by atoms with E-state index in [4.69, 9.17) is 5.73 Å². The first-order chi connectivity index (χ1) is 10.1. The van der Waals surface area contributed by atoms with E-state index in [0.29, 0.717) is 10.7 Å². The normalized spacial score (nSPS) is 16.2. The molecule has 2 rings (SSSR count). The van der Waals surface area contributed by atoms with Crippen molar-refractivity contribution in [2.45, 2.75) is 39.5 Å². The zero-order chi connectivity index (χ0) is 15.4. The van der Waals surface area contributed by atoms with Gasteiger partial charge in [-0.3, -0.25) is 4.79 Å². The molecule has 1 fully saturated rings. The zero-order valence-corrected chi connectivity index (χ0v) is 14.1. The minimum atomic E-state index is 0.0516. The van der Waals surface area contributed by atoms with E-state index in [9.17, 15) is 4.79 Å². The van der Waals surface area contributed by atoms with Crippen LogP contribution in [0.1, 0.15) is 49.2 Å². The molecule has 2 N–H and O–H groups in total. The van der Waals surface area contributed by atoms with E-state index in [1.807, 2.05) is 11.9 Å². The fourth-order valence-corrected chi connectivity index (χ4v) is 3.70. The molecule has 1 aromatic rings. The molecule has 1 saturated heterocycles. The average Bonchev–Trinajstić information content (AvgIpc) is 2.89. The Morgan fingerprint density at radius 1 is 1.43 bits per heavy atom. The van der Waals surface area contributed by atoms with Crippen LogP contribution in [0, 0.1) is 5.92 Å². The highest BCUT2D eigenvalue weighted by molar-refractivity contribution is 7.18. The summed E-state index contributed by atoms with van der Waals surface area (Å²) < 4.78 is 0. The standard InChI is InChI=1S/C15H26N4OS/c1-4-8-18(3)15-17-13(16)12(21-15)14(20)19-9-6-11(5-2)7-10-19/h11H,4-10,16H2,1-3H3. The van der Waals surface area contributed by atoms with Crippen LogP contribution in [-0.4, -0.2) is 42.5 Å². The van der Waals surface area contributed by atoms with Crippen LogP contribution in [0.2, 0.25) is 0 Å². The molecular weight excluding hydrogens is 284 g/mol. The minimum absolute atomic E-state index is 0.0516. The molecule has 6 heteroatoms. The molecule has 5 nitrogen and oxygen atoms in total. The first kappa shape index (κ1) is 16.1. The lowest BCUT2D eigenvalue weighted by molar-refractivity contribution is 0.0694. The van der Waals surface area contributed by atoms with Gasteiger partial charge in [-0.2, -0.15) is 0 Å². The van der Waals surface area contributed by atoms with Crippen molar-refractivity contribution in [3.8, 4) is 0 Å². The molecule has 2 heterocycles. The number of hydrogen-bond donors (Lipinski definition) is 1. The number of piperidine rings is 1. The predicted octanol–water partition coefficient (Wildman–Crippen LogP) is 2.83. The van der Waals surface area contributed by atoms with Gasteiger partial charge in [0.2, 0.25) is 0 Å². The molecule has 0 saturated carbocycles. The molecule has 118 valence electrons. The van der Waals surface area contributed by atoms with Gasteiger partial charge in [0.15, 0.2) is 5.13 Å². The van der Waals surface area contributed by atoms with Crippen LogP contribution in [0.25, 0.3) is 0 Å². The van der Waals surface area contributed by atoms with E-state index in [0.717, 1.165) is 49.9 Å². The van der Waals surface area contributed by atoms with Gasteiger partial charge in [0.1, 0.15) is 10.7 Å². The van der Waals surface area contributed by atoms with Crippen molar-refractivity contribution < 1.29 is 4.79 Å². The van der Waals surface area contributed by atoms with Gasteiger partial charge < -0.3 is 15.5 Å². The molecule has 0 spiro atoms. The van der Waals surface area contributed by atoms with Gasteiger partial charge in [0.25, 0.3) is 5.91 Å². The van der Waals surface area contributed by atoms with E-state index < -0.39 is 0 Å². The summed E-state index contributed by atoms with van der Waals surface area (Å²) in [6.07, 6.45) is 4.45. The fourth-order valence-electron chi connectivity index (χ4n) is 2.76. The Morgan fingerprint density at radius 2 is 2.10 bits per heavy atom. The second-order valence-electron chi connectivity index (χ2n) is 5.78. The largest absolute Gasteiger partial charge is 0.382 e. The van der Waals surface area contributed by atoms with Crippen LogP contribution in [0.4, 0.5) is 10.9 Å². The van der Waals surface area contributed by atoms with E-state index in [-0.39, 0.29) is 5.91 Å². The quantitative estimate of drug-likeness (QED) is 0.908. The monoisotopic (exact) mass is 310 g/mol. The molecule has 1 aliphatic heterocycles. The second kappa shape index (κ2) is 7.11. The zero-order valence-electron chi connectivity index (χ0n) is 13.3. The number of thiazole rings is 1. The van der Waals surface area contributed by atoms with Gasteiger partial charge in [-0.15, -0.1) is 0 Å². The van der Waals surface area contributed by atoms with Crippen molar-refractivity contribution in [2.24, 2.45) is 5.92 Å². The first-order valence-corrected chi connectivity index (χ1v) is 8.65. The van der Waals surface area contributed by atoms with Crippen molar-refractivity contribution in [3.05, 3.63) is 4.88 Å². The summed E-state index contributed by atoms with van der Waals surface area (Å²) in [6, 6.07) is 0. The van der Waals surface area contributed by atoms with Crippen LogP contribution >= 0.6 is 11.3 Å².